The highest BCUT2D eigenvalue weighted by Gasteiger charge is 2.26. The summed E-state index contributed by atoms with van der Waals surface area (Å²) in [6.07, 6.45) is 13.0. The van der Waals surface area contributed by atoms with E-state index in [0.29, 0.717) is 11.3 Å². The Morgan fingerprint density at radius 2 is 1.94 bits per heavy atom. The van der Waals surface area contributed by atoms with Crippen molar-refractivity contribution in [2.75, 3.05) is 0 Å². The van der Waals surface area contributed by atoms with Crippen molar-refractivity contribution in [3.05, 3.63) is 21.1 Å². The minimum Gasteiger partial charge on any atom is -0.355 e. The summed E-state index contributed by atoms with van der Waals surface area (Å²) in [5, 5.41) is 5.55. The molecule has 0 saturated heterocycles. The van der Waals surface area contributed by atoms with Crippen LogP contribution in [0.5, 0.6) is 0 Å². The Balaban J connectivity index is 2.17. The summed E-state index contributed by atoms with van der Waals surface area (Å²) in [6, 6.07) is 0. The molecule has 1 aromatic rings. The number of aromatic amines is 1. The van der Waals surface area contributed by atoms with E-state index in [1.807, 2.05) is 0 Å². The summed E-state index contributed by atoms with van der Waals surface area (Å²) >= 11 is 0. The van der Waals surface area contributed by atoms with E-state index in [4.69, 9.17) is 0 Å². The molecule has 1 N–H and O–H groups in total. The van der Waals surface area contributed by atoms with Gasteiger partial charge in [-0.2, -0.15) is 0 Å². The van der Waals surface area contributed by atoms with Crippen molar-refractivity contribution in [3.8, 4) is 0 Å². The number of hydrogen-bond donors (Lipinski definition) is 1. The van der Waals surface area contributed by atoms with Crippen molar-refractivity contribution in [1.29, 1.82) is 0 Å². The number of H-pyrrole nitrogens is 1. The summed E-state index contributed by atoms with van der Waals surface area (Å²) in [5.41, 5.74) is 0.400. The van der Waals surface area contributed by atoms with Crippen molar-refractivity contribution in [3.63, 3.8) is 0 Å². The predicted molar refractivity (Wildman–Crippen MR) is 73.9 cm³/mol. The van der Waals surface area contributed by atoms with Crippen LogP contribution in [0.4, 0.5) is 0 Å². The average Bonchev–Trinajstić information content (AvgIpc) is 2.87. The maximum atomic E-state index is 3.57. The zero-order valence-corrected chi connectivity index (χ0v) is 11.0. The van der Waals surface area contributed by atoms with Crippen LogP contribution in [0, 0.1) is 11.3 Å². The summed E-state index contributed by atoms with van der Waals surface area (Å²) in [4.78, 5) is 3.57. The summed E-state index contributed by atoms with van der Waals surface area (Å²) in [6.45, 7) is 7.04. The van der Waals surface area contributed by atoms with Gasteiger partial charge >= 0.3 is 0 Å². The van der Waals surface area contributed by atoms with Crippen LogP contribution < -0.4 is 21.1 Å². The van der Waals surface area contributed by atoms with Gasteiger partial charge < -0.3 is 4.98 Å². The zero-order valence-electron chi connectivity index (χ0n) is 11.0. The Morgan fingerprint density at radius 1 is 1.18 bits per heavy atom. The highest BCUT2D eigenvalue weighted by molar-refractivity contribution is 5.49. The fourth-order valence-electron chi connectivity index (χ4n) is 2.92. The van der Waals surface area contributed by atoms with Crippen LogP contribution in [0.25, 0.3) is 24.3 Å². The third kappa shape index (κ3) is 1.60. The van der Waals surface area contributed by atoms with Gasteiger partial charge in [0.1, 0.15) is 0 Å². The minimum absolute atomic E-state index is 0.400. The van der Waals surface area contributed by atoms with Gasteiger partial charge in [0.25, 0.3) is 0 Å². The van der Waals surface area contributed by atoms with E-state index >= 15 is 0 Å². The molecule has 0 aliphatic heterocycles. The molecule has 1 atom stereocenters. The maximum Gasteiger partial charge on any atom is 0.0424 e. The van der Waals surface area contributed by atoms with Gasteiger partial charge in [0, 0.05) is 21.1 Å². The first-order valence-corrected chi connectivity index (χ1v) is 6.72. The SMILES string of the molecule is CCC(C)(C)C1C=c2[nH]c3c(c2=CC1)=CCC=3. The number of aromatic nitrogens is 1. The van der Waals surface area contributed by atoms with E-state index in [9.17, 15) is 0 Å². The van der Waals surface area contributed by atoms with Gasteiger partial charge in [-0.3, -0.25) is 0 Å². The molecule has 0 radical (unpaired) electrons. The fourth-order valence-corrected chi connectivity index (χ4v) is 2.92. The van der Waals surface area contributed by atoms with Crippen molar-refractivity contribution in [2.24, 2.45) is 11.3 Å². The Labute approximate surface area is 102 Å². The smallest absolute Gasteiger partial charge is 0.0424 e. The van der Waals surface area contributed by atoms with Crippen molar-refractivity contribution in [1.82, 2.24) is 4.98 Å². The molecule has 0 spiro atoms. The lowest BCUT2D eigenvalue weighted by Crippen LogP contribution is -2.40. The van der Waals surface area contributed by atoms with Gasteiger partial charge in [0.2, 0.25) is 0 Å². The molecule has 0 saturated carbocycles. The molecular weight excluding hydrogens is 206 g/mol. The van der Waals surface area contributed by atoms with E-state index in [1.54, 1.807) is 0 Å². The zero-order chi connectivity index (χ0) is 12.0. The minimum atomic E-state index is 0.400. The van der Waals surface area contributed by atoms with Gasteiger partial charge in [-0.25, -0.2) is 0 Å². The van der Waals surface area contributed by atoms with E-state index in [2.05, 4.69) is 50.1 Å². The Morgan fingerprint density at radius 3 is 2.71 bits per heavy atom. The highest BCUT2D eigenvalue weighted by Crippen LogP contribution is 2.34. The fraction of sp³-hybridized carbons (Fsp3) is 0.500. The molecule has 17 heavy (non-hydrogen) atoms. The predicted octanol–water partition coefficient (Wildman–Crippen LogP) is 0.996. The molecule has 1 heterocycles. The third-order valence-corrected chi connectivity index (χ3v) is 4.64. The quantitative estimate of drug-likeness (QED) is 0.776. The van der Waals surface area contributed by atoms with E-state index in [1.165, 1.54) is 34.0 Å². The molecule has 2 aliphatic rings. The lowest BCUT2D eigenvalue weighted by atomic mass is 9.74. The summed E-state index contributed by atoms with van der Waals surface area (Å²) < 4.78 is 0. The molecule has 1 nitrogen and oxygen atoms in total. The second kappa shape index (κ2) is 3.63. The van der Waals surface area contributed by atoms with Crippen LogP contribution >= 0.6 is 0 Å². The van der Waals surface area contributed by atoms with Crippen LogP contribution in [0.15, 0.2) is 0 Å². The Hall–Kier alpha value is -1.24. The second-order valence-corrected chi connectivity index (χ2v) is 5.98. The van der Waals surface area contributed by atoms with Gasteiger partial charge in [-0.1, -0.05) is 51.5 Å². The molecule has 1 aromatic heterocycles. The average molecular weight is 227 g/mol. The molecule has 1 unspecified atom stereocenters. The summed E-state index contributed by atoms with van der Waals surface area (Å²) in [7, 11) is 0. The van der Waals surface area contributed by atoms with Crippen LogP contribution in [0.1, 0.15) is 40.0 Å². The monoisotopic (exact) mass is 227 g/mol. The van der Waals surface area contributed by atoms with E-state index < -0.39 is 0 Å². The van der Waals surface area contributed by atoms with Crippen LogP contribution in [-0.2, 0) is 0 Å². The van der Waals surface area contributed by atoms with Crippen molar-refractivity contribution >= 4 is 24.3 Å². The first kappa shape index (κ1) is 10.9. The third-order valence-electron chi connectivity index (χ3n) is 4.64. The molecule has 0 bridgehead atoms. The highest BCUT2D eigenvalue weighted by atomic mass is 14.7. The maximum absolute atomic E-state index is 3.57. The normalized spacial score (nSPS) is 21.7. The number of nitrogens with one attached hydrogen (secondary N) is 1. The molecule has 2 aliphatic carbocycles. The van der Waals surface area contributed by atoms with Gasteiger partial charge in [-0.15, -0.1) is 0 Å². The Kier molecular flexibility index (Phi) is 2.32. The molecular formula is C16H21N. The van der Waals surface area contributed by atoms with Crippen LogP contribution in [-0.4, -0.2) is 4.98 Å². The molecule has 0 fully saturated rings. The van der Waals surface area contributed by atoms with E-state index in [-0.39, 0.29) is 0 Å². The van der Waals surface area contributed by atoms with Crippen molar-refractivity contribution < 1.29 is 0 Å². The molecule has 1 heteroatoms. The van der Waals surface area contributed by atoms with Crippen molar-refractivity contribution in [2.45, 2.75) is 40.0 Å². The second-order valence-electron chi connectivity index (χ2n) is 5.98. The molecule has 0 aromatic carbocycles. The standard InChI is InChI=1S/C16H21N/c1-4-16(2,3)11-8-9-13-12-6-5-7-14(12)17-15(13)10-11/h6-7,9-11,17H,4-5,8H2,1-3H3. The lowest BCUT2D eigenvalue weighted by Gasteiger charge is -2.31. The van der Waals surface area contributed by atoms with Crippen LogP contribution in [0.3, 0.4) is 0 Å². The number of hydrogen-bond acceptors (Lipinski definition) is 0. The lowest BCUT2D eigenvalue weighted by molar-refractivity contribution is 0.266. The van der Waals surface area contributed by atoms with Gasteiger partial charge in [0.05, 0.1) is 0 Å². The Bertz CT molecular complexity index is 670. The van der Waals surface area contributed by atoms with Gasteiger partial charge in [0.15, 0.2) is 0 Å². The summed E-state index contributed by atoms with van der Waals surface area (Å²) in [5.74, 6) is 0.666. The molecule has 90 valence electrons. The van der Waals surface area contributed by atoms with Gasteiger partial charge in [-0.05, 0) is 24.2 Å². The van der Waals surface area contributed by atoms with Crippen LogP contribution in [0.2, 0.25) is 0 Å². The first-order valence-electron chi connectivity index (χ1n) is 6.72. The number of fused-ring (bicyclic) bond motifs is 3. The molecule has 0 amide bonds. The van der Waals surface area contributed by atoms with E-state index in [0.717, 1.165) is 6.42 Å². The first-order chi connectivity index (χ1) is 8.12. The largest absolute Gasteiger partial charge is 0.355 e. The molecule has 3 rings (SSSR count). The topological polar surface area (TPSA) is 15.8 Å². The number of rotatable bonds is 2.